The third-order valence-corrected chi connectivity index (χ3v) is 4.55. The van der Waals surface area contributed by atoms with E-state index >= 15 is 0 Å². The van der Waals surface area contributed by atoms with E-state index in [2.05, 4.69) is 0 Å². The average molecular weight is 334 g/mol. The smallest absolute Gasteiger partial charge is 0.154 e. The topological polar surface area (TPSA) is 47.9 Å². The summed E-state index contributed by atoms with van der Waals surface area (Å²) < 4.78 is 17.1. The van der Waals surface area contributed by atoms with Gasteiger partial charge >= 0.3 is 0 Å². The molecule has 126 valence electrons. The number of aliphatic hydroxyl groups is 1. The zero-order chi connectivity index (χ0) is 17.4. The van der Waals surface area contributed by atoms with Gasteiger partial charge in [-0.05, 0) is 29.8 Å². The van der Waals surface area contributed by atoms with E-state index in [1.807, 2.05) is 66.7 Å². The van der Waals surface area contributed by atoms with E-state index in [4.69, 9.17) is 14.2 Å². The van der Waals surface area contributed by atoms with Gasteiger partial charge in [0.1, 0.15) is 23.0 Å². The second-order valence-corrected chi connectivity index (χ2v) is 5.85. The highest BCUT2D eigenvalue weighted by molar-refractivity contribution is 5.68. The van der Waals surface area contributed by atoms with E-state index < -0.39 is 5.60 Å². The van der Waals surface area contributed by atoms with Gasteiger partial charge in [0.05, 0.1) is 25.3 Å². The number of hydrogen-bond donors (Lipinski definition) is 1. The Morgan fingerprint density at radius 3 is 1.72 bits per heavy atom. The molecule has 0 bridgehead atoms. The van der Waals surface area contributed by atoms with Gasteiger partial charge in [0.2, 0.25) is 0 Å². The zero-order valence-corrected chi connectivity index (χ0v) is 14.0. The van der Waals surface area contributed by atoms with E-state index in [-0.39, 0.29) is 0 Å². The fourth-order valence-electron chi connectivity index (χ4n) is 3.46. The molecule has 1 aliphatic heterocycles. The van der Waals surface area contributed by atoms with Gasteiger partial charge in [0.15, 0.2) is 5.60 Å². The van der Waals surface area contributed by atoms with Gasteiger partial charge in [0, 0.05) is 0 Å². The summed E-state index contributed by atoms with van der Waals surface area (Å²) >= 11 is 0. The molecule has 1 heterocycles. The van der Waals surface area contributed by atoms with Crippen molar-refractivity contribution in [3.8, 4) is 23.0 Å². The molecule has 0 amide bonds. The van der Waals surface area contributed by atoms with Gasteiger partial charge in [-0.3, -0.25) is 0 Å². The molecule has 4 heteroatoms. The average Bonchev–Trinajstić information content (AvgIpc) is 2.67. The third-order valence-electron chi connectivity index (χ3n) is 4.55. The maximum Gasteiger partial charge on any atom is 0.154 e. The lowest BCUT2D eigenvalue weighted by Gasteiger charge is -2.38. The predicted molar refractivity (Wildman–Crippen MR) is 94.6 cm³/mol. The van der Waals surface area contributed by atoms with Crippen molar-refractivity contribution in [3.05, 3.63) is 83.4 Å². The van der Waals surface area contributed by atoms with Crippen LogP contribution in [0.15, 0.2) is 66.7 Å². The molecule has 0 saturated carbocycles. The maximum absolute atomic E-state index is 12.0. The number of ether oxygens (including phenoxy) is 3. The molecule has 25 heavy (non-hydrogen) atoms. The molecule has 4 nitrogen and oxygen atoms in total. The summed E-state index contributed by atoms with van der Waals surface area (Å²) in [6.45, 7) is 0. The molecule has 0 saturated heterocycles. The lowest BCUT2D eigenvalue weighted by Crippen LogP contribution is -2.33. The van der Waals surface area contributed by atoms with E-state index in [1.165, 1.54) is 0 Å². The van der Waals surface area contributed by atoms with Crippen molar-refractivity contribution in [2.45, 2.75) is 5.60 Å². The van der Waals surface area contributed by atoms with Crippen LogP contribution in [0.4, 0.5) is 0 Å². The van der Waals surface area contributed by atoms with Crippen LogP contribution < -0.4 is 14.2 Å². The van der Waals surface area contributed by atoms with E-state index in [1.54, 1.807) is 14.2 Å². The molecule has 0 spiro atoms. The van der Waals surface area contributed by atoms with Crippen molar-refractivity contribution in [1.82, 2.24) is 0 Å². The highest BCUT2D eigenvalue weighted by atomic mass is 16.5. The van der Waals surface area contributed by atoms with Gasteiger partial charge < -0.3 is 19.3 Å². The molecule has 1 N–H and O–H groups in total. The van der Waals surface area contributed by atoms with Crippen molar-refractivity contribution in [3.63, 3.8) is 0 Å². The Morgan fingerprint density at radius 2 is 1.24 bits per heavy atom. The summed E-state index contributed by atoms with van der Waals surface area (Å²) in [6, 6.07) is 20.5. The van der Waals surface area contributed by atoms with Crippen molar-refractivity contribution in [2.75, 3.05) is 14.2 Å². The Morgan fingerprint density at radius 1 is 0.720 bits per heavy atom. The van der Waals surface area contributed by atoms with Crippen LogP contribution in [0.2, 0.25) is 0 Å². The first-order chi connectivity index (χ1) is 12.2. The third kappa shape index (κ3) is 2.18. The van der Waals surface area contributed by atoms with Crippen LogP contribution in [0.3, 0.4) is 0 Å². The molecule has 0 aromatic heterocycles. The molecule has 0 aliphatic carbocycles. The zero-order valence-electron chi connectivity index (χ0n) is 14.0. The SMILES string of the molecule is COc1cccc2c1C(O)(c1ccccc1)c1c(OC)cccc1O2. The van der Waals surface area contributed by atoms with Gasteiger partial charge in [-0.1, -0.05) is 42.5 Å². The largest absolute Gasteiger partial charge is 0.496 e. The molecule has 4 rings (SSSR count). The Balaban J connectivity index is 2.12. The number of benzene rings is 3. The first-order valence-electron chi connectivity index (χ1n) is 8.01. The summed E-state index contributed by atoms with van der Waals surface area (Å²) in [7, 11) is 3.16. The van der Waals surface area contributed by atoms with Crippen molar-refractivity contribution < 1.29 is 19.3 Å². The van der Waals surface area contributed by atoms with Crippen LogP contribution >= 0.6 is 0 Å². The lowest BCUT2D eigenvalue weighted by atomic mass is 9.77. The summed E-state index contributed by atoms with van der Waals surface area (Å²) in [6.07, 6.45) is 0. The molecular formula is C21H18O4. The monoisotopic (exact) mass is 334 g/mol. The Labute approximate surface area is 146 Å². The fraction of sp³-hybridized carbons (Fsp3) is 0.143. The number of methoxy groups -OCH3 is 2. The van der Waals surface area contributed by atoms with Crippen LogP contribution in [0.25, 0.3) is 0 Å². The molecule has 3 aromatic carbocycles. The Hall–Kier alpha value is -2.98. The molecule has 1 aliphatic rings. The van der Waals surface area contributed by atoms with E-state index in [0.29, 0.717) is 34.1 Å². The minimum absolute atomic E-state index is 0.556. The minimum atomic E-state index is -1.45. The Bertz CT molecular complexity index is 865. The van der Waals surface area contributed by atoms with Gasteiger partial charge in [-0.2, -0.15) is 0 Å². The van der Waals surface area contributed by atoms with Crippen molar-refractivity contribution >= 4 is 0 Å². The van der Waals surface area contributed by atoms with Crippen LogP contribution in [0.1, 0.15) is 16.7 Å². The molecule has 0 atom stereocenters. The number of rotatable bonds is 3. The second-order valence-electron chi connectivity index (χ2n) is 5.85. The van der Waals surface area contributed by atoms with Crippen molar-refractivity contribution in [1.29, 1.82) is 0 Å². The predicted octanol–water partition coefficient (Wildman–Crippen LogP) is 4.09. The second kappa shape index (κ2) is 5.83. The molecule has 0 unspecified atom stereocenters. The standard InChI is InChI=1S/C21H18O4/c1-23-15-10-6-12-17-19(15)21(22,14-8-4-3-5-9-14)20-16(24-2)11-7-13-18(20)25-17/h3-13,22H,1-2H3. The van der Waals surface area contributed by atoms with Crippen LogP contribution in [0.5, 0.6) is 23.0 Å². The number of fused-ring (bicyclic) bond motifs is 2. The van der Waals surface area contributed by atoms with Gasteiger partial charge in [0.25, 0.3) is 0 Å². The Kier molecular flexibility index (Phi) is 3.62. The summed E-state index contributed by atoms with van der Waals surface area (Å²) in [4.78, 5) is 0. The molecular weight excluding hydrogens is 316 g/mol. The first kappa shape index (κ1) is 15.5. The van der Waals surface area contributed by atoms with Crippen molar-refractivity contribution in [2.24, 2.45) is 0 Å². The fourth-order valence-corrected chi connectivity index (χ4v) is 3.46. The number of hydrogen-bond acceptors (Lipinski definition) is 4. The van der Waals surface area contributed by atoms with Crippen LogP contribution in [0, 0.1) is 0 Å². The minimum Gasteiger partial charge on any atom is -0.496 e. The van der Waals surface area contributed by atoms with Crippen LogP contribution in [-0.4, -0.2) is 19.3 Å². The molecule has 3 aromatic rings. The quantitative estimate of drug-likeness (QED) is 0.783. The normalized spacial score (nSPS) is 14.0. The van der Waals surface area contributed by atoms with Gasteiger partial charge in [-0.25, -0.2) is 0 Å². The van der Waals surface area contributed by atoms with Crippen LogP contribution in [-0.2, 0) is 5.60 Å². The summed E-state index contributed by atoms with van der Waals surface area (Å²) in [5, 5.41) is 12.0. The van der Waals surface area contributed by atoms with Gasteiger partial charge in [-0.15, -0.1) is 0 Å². The summed E-state index contributed by atoms with van der Waals surface area (Å²) in [5.74, 6) is 2.23. The highest BCUT2D eigenvalue weighted by Crippen LogP contribution is 2.55. The lowest BCUT2D eigenvalue weighted by molar-refractivity contribution is 0.105. The van der Waals surface area contributed by atoms with E-state index in [0.717, 1.165) is 5.56 Å². The maximum atomic E-state index is 12.0. The molecule has 0 fully saturated rings. The highest BCUT2D eigenvalue weighted by Gasteiger charge is 2.46. The molecule has 0 radical (unpaired) electrons. The van der Waals surface area contributed by atoms with E-state index in [9.17, 15) is 5.11 Å². The first-order valence-corrected chi connectivity index (χ1v) is 8.01. The summed E-state index contributed by atoms with van der Waals surface area (Å²) in [5.41, 5.74) is 0.403.